The molecule has 1 aliphatic heterocycles. The van der Waals surface area contributed by atoms with Gasteiger partial charge >= 0.3 is 0 Å². The SMILES string of the molecule is Cc1ccc(-c2ccc3c(c2)C(=O)Nc2cccc(n2)-c2nncn2C[C@@H]2CC2CO3)cn1. The van der Waals surface area contributed by atoms with Crippen molar-refractivity contribution in [3.63, 3.8) is 0 Å². The Balaban J connectivity index is 1.40. The zero-order valence-corrected chi connectivity index (χ0v) is 18.1. The van der Waals surface area contributed by atoms with Crippen LogP contribution < -0.4 is 10.1 Å². The molecule has 1 aliphatic carbocycles. The van der Waals surface area contributed by atoms with Crippen molar-refractivity contribution in [3.05, 3.63) is 72.3 Å². The summed E-state index contributed by atoms with van der Waals surface area (Å²) in [6.45, 7) is 3.33. The van der Waals surface area contributed by atoms with E-state index in [1.165, 1.54) is 0 Å². The molecule has 164 valence electrons. The quantitative estimate of drug-likeness (QED) is 0.483. The lowest BCUT2D eigenvalue weighted by atomic mass is 10.0. The number of anilines is 1. The fraction of sp³-hybridized carbons (Fsp3) is 0.240. The lowest BCUT2D eigenvalue weighted by Crippen LogP contribution is -2.16. The third-order valence-electron chi connectivity index (χ3n) is 6.26. The molecule has 3 aromatic heterocycles. The van der Waals surface area contributed by atoms with Crippen LogP contribution in [0.4, 0.5) is 5.82 Å². The second kappa shape index (κ2) is 7.81. The van der Waals surface area contributed by atoms with Crippen LogP contribution in [-0.2, 0) is 6.54 Å². The van der Waals surface area contributed by atoms with Crippen LogP contribution in [0.15, 0.2) is 61.1 Å². The summed E-state index contributed by atoms with van der Waals surface area (Å²) in [5, 5.41) is 11.3. The highest BCUT2D eigenvalue weighted by atomic mass is 16.5. The summed E-state index contributed by atoms with van der Waals surface area (Å²) in [7, 11) is 0. The maximum Gasteiger partial charge on any atom is 0.260 e. The molecule has 0 radical (unpaired) electrons. The van der Waals surface area contributed by atoms with Crippen molar-refractivity contribution >= 4 is 11.7 Å². The Labute approximate surface area is 190 Å². The predicted octanol–water partition coefficient (Wildman–Crippen LogP) is 3.99. The Bertz CT molecular complexity index is 1350. The zero-order valence-electron chi connectivity index (χ0n) is 18.1. The number of benzene rings is 1. The predicted molar refractivity (Wildman–Crippen MR) is 123 cm³/mol. The van der Waals surface area contributed by atoms with Crippen molar-refractivity contribution in [2.75, 3.05) is 11.9 Å². The molecule has 33 heavy (non-hydrogen) atoms. The summed E-state index contributed by atoms with van der Waals surface area (Å²) in [5.41, 5.74) is 3.93. The second-order valence-corrected chi connectivity index (χ2v) is 8.64. The van der Waals surface area contributed by atoms with Crippen LogP contribution in [-0.4, -0.2) is 37.2 Å². The zero-order chi connectivity index (χ0) is 22.4. The molecule has 2 atom stereocenters. The van der Waals surface area contributed by atoms with E-state index in [4.69, 9.17) is 4.74 Å². The van der Waals surface area contributed by atoms with E-state index in [-0.39, 0.29) is 5.91 Å². The summed E-state index contributed by atoms with van der Waals surface area (Å²) >= 11 is 0. The third kappa shape index (κ3) is 3.84. The van der Waals surface area contributed by atoms with Crippen molar-refractivity contribution < 1.29 is 9.53 Å². The average Bonchev–Trinajstić information content (AvgIpc) is 3.40. The van der Waals surface area contributed by atoms with E-state index in [1.807, 2.05) is 60.2 Å². The van der Waals surface area contributed by atoms with E-state index in [0.717, 1.165) is 29.8 Å². The highest BCUT2D eigenvalue weighted by Gasteiger charge is 2.38. The number of aryl methyl sites for hydroxylation is 1. The van der Waals surface area contributed by atoms with Crippen LogP contribution in [0.2, 0.25) is 0 Å². The Hall–Kier alpha value is -4.07. The summed E-state index contributed by atoms with van der Waals surface area (Å²) < 4.78 is 8.18. The van der Waals surface area contributed by atoms with Gasteiger partial charge in [0.05, 0.1) is 12.2 Å². The third-order valence-corrected chi connectivity index (χ3v) is 6.26. The maximum atomic E-state index is 13.3. The van der Waals surface area contributed by atoms with E-state index in [2.05, 4.69) is 25.5 Å². The van der Waals surface area contributed by atoms with Crippen LogP contribution in [0.1, 0.15) is 22.5 Å². The first-order valence-corrected chi connectivity index (χ1v) is 11.0. The number of amides is 1. The molecule has 1 amide bonds. The fourth-order valence-corrected chi connectivity index (χ4v) is 4.24. The molecule has 1 N–H and O–H groups in total. The van der Waals surface area contributed by atoms with Crippen molar-refractivity contribution in [2.24, 2.45) is 11.8 Å². The molecule has 2 bridgehead atoms. The molecule has 1 aromatic carbocycles. The minimum absolute atomic E-state index is 0.276. The number of pyridine rings is 2. The summed E-state index contributed by atoms with van der Waals surface area (Å²) in [4.78, 5) is 22.3. The highest BCUT2D eigenvalue weighted by Crippen LogP contribution is 2.41. The highest BCUT2D eigenvalue weighted by molar-refractivity contribution is 6.06. The van der Waals surface area contributed by atoms with Gasteiger partial charge in [0.25, 0.3) is 5.91 Å². The van der Waals surface area contributed by atoms with E-state index >= 15 is 0 Å². The molecule has 4 heterocycles. The first-order chi connectivity index (χ1) is 16.1. The van der Waals surface area contributed by atoms with Crippen molar-refractivity contribution in [1.82, 2.24) is 24.7 Å². The Morgan fingerprint density at radius 2 is 2.00 bits per heavy atom. The summed E-state index contributed by atoms with van der Waals surface area (Å²) in [5.74, 6) is 2.36. The summed E-state index contributed by atoms with van der Waals surface area (Å²) in [6, 6.07) is 15.2. The Kier molecular flexibility index (Phi) is 4.64. The van der Waals surface area contributed by atoms with Gasteiger partial charge in [-0.1, -0.05) is 18.2 Å². The van der Waals surface area contributed by atoms with Gasteiger partial charge in [-0.15, -0.1) is 10.2 Å². The Morgan fingerprint density at radius 1 is 1.09 bits per heavy atom. The van der Waals surface area contributed by atoms with Gasteiger partial charge in [0, 0.05) is 24.0 Å². The first-order valence-electron chi connectivity index (χ1n) is 11.0. The van der Waals surface area contributed by atoms with E-state index in [9.17, 15) is 4.79 Å². The van der Waals surface area contributed by atoms with Gasteiger partial charge < -0.3 is 14.6 Å². The van der Waals surface area contributed by atoms with Gasteiger partial charge in [0.1, 0.15) is 23.6 Å². The number of nitrogens with one attached hydrogen (secondary N) is 1. The molecule has 0 saturated heterocycles. The van der Waals surface area contributed by atoms with Crippen LogP contribution in [0.5, 0.6) is 5.75 Å². The van der Waals surface area contributed by atoms with E-state index in [0.29, 0.717) is 47.1 Å². The smallest absolute Gasteiger partial charge is 0.260 e. The molecule has 2 aliphatic rings. The van der Waals surface area contributed by atoms with Gasteiger partial charge in [-0.25, -0.2) is 4.98 Å². The lowest BCUT2D eigenvalue weighted by molar-refractivity contribution is 0.102. The van der Waals surface area contributed by atoms with E-state index in [1.54, 1.807) is 12.4 Å². The van der Waals surface area contributed by atoms with Crippen molar-refractivity contribution in [1.29, 1.82) is 0 Å². The number of carbonyl (C=O) groups excluding carboxylic acids is 1. The molecular formula is C25H22N6O2. The standard InChI is InChI=1S/C25H22N6O2/c1-15-5-6-17(11-26-15)16-7-8-22-20(10-16)25(32)29-23-4-2-3-21(28-23)24-30-27-14-31(24)12-18-9-19(18)13-33-22/h2-8,10-11,14,18-19H,9,12-13H2,1H3,(H,28,29,32)/t18-,19?/m0/s1. The van der Waals surface area contributed by atoms with Gasteiger partial charge in [-0.3, -0.25) is 9.78 Å². The number of hydrogen-bond acceptors (Lipinski definition) is 6. The molecule has 1 fully saturated rings. The van der Waals surface area contributed by atoms with Crippen molar-refractivity contribution in [3.8, 4) is 28.4 Å². The minimum Gasteiger partial charge on any atom is -0.492 e. The molecular weight excluding hydrogens is 416 g/mol. The van der Waals surface area contributed by atoms with Gasteiger partial charge in [-0.05, 0) is 61.1 Å². The molecule has 4 aromatic rings. The van der Waals surface area contributed by atoms with Crippen molar-refractivity contribution in [2.45, 2.75) is 19.9 Å². The molecule has 1 saturated carbocycles. The molecule has 0 spiro atoms. The Morgan fingerprint density at radius 3 is 2.88 bits per heavy atom. The molecule has 8 heteroatoms. The molecule has 6 rings (SSSR count). The first kappa shape index (κ1) is 19.6. The topological polar surface area (TPSA) is 94.8 Å². The number of nitrogens with zero attached hydrogens (tertiary/aromatic N) is 5. The van der Waals surface area contributed by atoms with Crippen LogP contribution in [0, 0.1) is 18.8 Å². The monoisotopic (exact) mass is 438 g/mol. The van der Waals surface area contributed by atoms with Gasteiger partial charge in [0.2, 0.25) is 0 Å². The van der Waals surface area contributed by atoms with Gasteiger partial charge in [-0.2, -0.15) is 0 Å². The average molecular weight is 438 g/mol. The van der Waals surface area contributed by atoms with Crippen LogP contribution >= 0.6 is 0 Å². The lowest BCUT2D eigenvalue weighted by Gasteiger charge is -2.15. The number of rotatable bonds is 1. The van der Waals surface area contributed by atoms with Gasteiger partial charge in [0.15, 0.2) is 5.82 Å². The summed E-state index contributed by atoms with van der Waals surface area (Å²) in [6.07, 6.45) is 4.62. The number of ether oxygens (including phenoxy) is 1. The number of fused-ring (bicyclic) bond motifs is 6. The largest absolute Gasteiger partial charge is 0.492 e. The van der Waals surface area contributed by atoms with Crippen LogP contribution in [0.25, 0.3) is 22.6 Å². The fourth-order valence-electron chi connectivity index (χ4n) is 4.24. The normalized spacial score (nSPS) is 19.2. The minimum atomic E-state index is -0.276. The van der Waals surface area contributed by atoms with E-state index < -0.39 is 0 Å². The number of carbonyl (C=O) groups is 1. The maximum absolute atomic E-state index is 13.3. The second-order valence-electron chi connectivity index (χ2n) is 8.64. The van der Waals surface area contributed by atoms with Crippen LogP contribution in [0.3, 0.4) is 0 Å². The molecule has 8 nitrogen and oxygen atoms in total. The molecule has 1 unspecified atom stereocenters. The number of hydrogen-bond donors (Lipinski definition) is 1. The number of aromatic nitrogens is 5.